The molecule has 0 saturated carbocycles. The second-order valence-corrected chi connectivity index (χ2v) is 6.82. The molecule has 0 amide bonds. The third-order valence-electron chi connectivity index (χ3n) is 4.96. The minimum atomic E-state index is 0.504. The molecule has 0 aromatic carbocycles. The van der Waals surface area contributed by atoms with Crippen LogP contribution in [0.4, 0.5) is 5.82 Å². The van der Waals surface area contributed by atoms with E-state index in [2.05, 4.69) is 65.6 Å². The van der Waals surface area contributed by atoms with Gasteiger partial charge >= 0.3 is 0 Å². The molecule has 1 aliphatic heterocycles. The molecule has 1 aliphatic rings. The number of anilines is 1. The first kappa shape index (κ1) is 16.0. The molecule has 0 aliphatic carbocycles. The number of likely N-dealkylation sites (tertiary alicyclic amines) is 1. The summed E-state index contributed by atoms with van der Waals surface area (Å²) in [4.78, 5) is 6.49. The number of hydrogen-bond donors (Lipinski definition) is 1. The number of nitrogens with one attached hydrogen (secondary N) is 1. The van der Waals surface area contributed by atoms with E-state index >= 15 is 0 Å². The Balaban J connectivity index is 1.55. The van der Waals surface area contributed by atoms with Crippen molar-refractivity contribution < 1.29 is 0 Å². The Morgan fingerprint density at radius 3 is 2.78 bits per heavy atom. The molecule has 3 unspecified atom stereocenters. The van der Waals surface area contributed by atoms with Gasteiger partial charge in [-0.25, -0.2) is 0 Å². The Morgan fingerprint density at radius 1 is 1.22 bits per heavy atom. The van der Waals surface area contributed by atoms with Crippen LogP contribution in [0, 0.1) is 5.92 Å². The molecule has 3 heterocycles. The fraction of sp³-hybridized carbons (Fsp3) is 0.556. The van der Waals surface area contributed by atoms with Crippen LogP contribution < -0.4 is 5.32 Å². The van der Waals surface area contributed by atoms with Crippen LogP contribution in [-0.4, -0.2) is 45.3 Å². The number of aromatic nitrogens is 3. The Morgan fingerprint density at radius 2 is 2.00 bits per heavy atom. The molecule has 0 bridgehead atoms. The highest BCUT2D eigenvalue weighted by Crippen LogP contribution is 2.23. The number of pyridine rings is 1. The first-order valence-corrected chi connectivity index (χ1v) is 8.51. The van der Waals surface area contributed by atoms with Crippen LogP contribution in [0.3, 0.4) is 0 Å². The van der Waals surface area contributed by atoms with Crippen molar-refractivity contribution in [1.29, 1.82) is 0 Å². The van der Waals surface area contributed by atoms with E-state index in [9.17, 15) is 0 Å². The predicted octanol–water partition coefficient (Wildman–Crippen LogP) is 2.66. The van der Waals surface area contributed by atoms with Crippen LogP contribution in [0.5, 0.6) is 0 Å². The van der Waals surface area contributed by atoms with Crippen molar-refractivity contribution in [3.63, 3.8) is 0 Å². The van der Waals surface area contributed by atoms with Crippen molar-refractivity contribution >= 4 is 5.82 Å². The zero-order valence-electron chi connectivity index (χ0n) is 14.3. The van der Waals surface area contributed by atoms with Gasteiger partial charge in [0.1, 0.15) is 5.82 Å². The van der Waals surface area contributed by atoms with Crippen LogP contribution in [0.15, 0.2) is 36.8 Å². The second kappa shape index (κ2) is 7.13. The van der Waals surface area contributed by atoms with Gasteiger partial charge in [0.15, 0.2) is 0 Å². The monoisotopic (exact) mass is 313 g/mol. The van der Waals surface area contributed by atoms with Crippen molar-refractivity contribution in [2.45, 2.75) is 45.3 Å². The molecule has 1 N–H and O–H groups in total. The standard InChI is InChI=1S/C18H27N5/c1-14-13-22(3)15(2)12-17(14)20-18-7-11-23(21-18)10-6-16-4-8-19-9-5-16/h4-5,7-9,11,14-15,17H,6,10,12-13H2,1-3H3,(H,20,21). The molecule has 5 nitrogen and oxygen atoms in total. The molecule has 2 aromatic heterocycles. The molecule has 0 spiro atoms. The lowest BCUT2D eigenvalue weighted by Gasteiger charge is -2.40. The highest BCUT2D eigenvalue weighted by Gasteiger charge is 2.29. The Labute approximate surface area is 138 Å². The molecule has 1 fully saturated rings. The van der Waals surface area contributed by atoms with E-state index in [0.29, 0.717) is 18.0 Å². The van der Waals surface area contributed by atoms with Gasteiger partial charge in [-0.2, -0.15) is 5.10 Å². The molecular weight excluding hydrogens is 286 g/mol. The van der Waals surface area contributed by atoms with Crippen LogP contribution in [0.1, 0.15) is 25.8 Å². The second-order valence-electron chi connectivity index (χ2n) is 6.82. The van der Waals surface area contributed by atoms with Gasteiger partial charge in [0, 0.05) is 49.8 Å². The maximum Gasteiger partial charge on any atom is 0.148 e. The molecular formula is C18H27N5. The zero-order chi connectivity index (χ0) is 16.2. The van der Waals surface area contributed by atoms with Crippen molar-refractivity contribution in [2.75, 3.05) is 18.9 Å². The van der Waals surface area contributed by atoms with Crippen molar-refractivity contribution in [2.24, 2.45) is 5.92 Å². The highest BCUT2D eigenvalue weighted by atomic mass is 15.3. The van der Waals surface area contributed by atoms with Crippen LogP contribution in [0.2, 0.25) is 0 Å². The van der Waals surface area contributed by atoms with E-state index in [1.54, 1.807) is 0 Å². The normalized spacial score (nSPS) is 25.4. The molecule has 124 valence electrons. The van der Waals surface area contributed by atoms with E-state index < -0.39 is 0 Å². The van der Waals surface area contributed by atoms with Crippen molar-refractivity contribution in [3.8, 4) is 0 Å². The van der Waals surface area contributed by atoms with E-state index in [1.807, 2.05) is 17.1 Å². The highest BCUT2D eigenvalue weighted by molar-refractivity contribution is 5.34. The Bertz CT molecular complexity index is 609. The van der Waals surface area contributed by atoms with Crippen LogP contribution >= 0.6 is 0 Å². The Hall–Kier alpha value is -1.88. The van der Waals surface area contributed by atoms with Gasteiger partial charge in [-0.15, -0.1) is 0 Å². The largest absolute Gasteiger partial charge is 0.365 e. The van der Waals surface area contributed by atoms with Gasteiger partial charge in [0.2, 0.25) is 0 Å². The summed E-state index contributed by atoms with van der Waals surface area (Å²) in [6.45, 7) is 6.65. The van der Waals surface area contributed by atoms with Gasteiger partial charge in [-0.05, 0) is 50.4 Å². The predicted molar refractivity (Wildman–Crippen MR) is 93.5 cm³/mol. The molecule has 2 aromatic rings. The first-order chi connectivity index (χ1) is 11.1. The molecule has 0 radical (unpaired) electrons. The third kappa shape index (κ3) is 4.10. The summed E-state index contributed by atoms with van der Waals surface area (Å²) >= 11 is 0. The van der Waals surface area contributed by atoms with Gasteiger partial charge < -0.3 is 10.2 Å². The summed E-state index contributed by atoms with van der Waals surface area (Å²) in [5.74, 6) is 1.63. The van der Waals surface area contributed by atoms with E-state index in [1.165, 1.54) is 12.0 Å². The summed E-state index contributed by atoms with van der Waals surface area (Å²) in [6.07, 6.45) is 7.89. The summed E-state index contributed by atoms with van der Waals surface area (Å²) in [7, 11) is 2.21. The maximum atomic E-state index is 4.67. The van der Waals surface area contributed by atoms with Gasteiger partial charge in [0.05, 0.1) is 0 Å². The lowest BCUT2D eigenvalue weighted by atomic mass is 9.90. The van der Waals surface area contributed by atoms with Gasteiger partial charge in [-0.3, -0.25) is 9.67 Å². The zero-order valence-corrected chi connectivity index (χ0v) is 14.3. The SMILES string of the molecule is CC1CN(C)C(C)CC1Nc1ccn(CCc2ccncc2)n1. The van der Waals surface area contributed by atoms with Crippen LogP contribution in [0.25, 0.3) is 0 Å². The summed E-state index contributed by atoms with van der Waals surface area (Å²) in [5, 5.41) is 8.31. The molecule has 1 saturated heterocycles. The van der Waals surface area contributed by atoms with E-state index in [-0.39, 0.29) is 0 Å². The van der Waals surface area contributed by atoms with Crippen LogP contribution in [-0.2, 0) is 13.0 Å². The summed E-state index contributed by atoms with van der Waals surface area (Å²) < 4.78 is 2.02. The third-order valence-corrected chi connectivity index (χ3v) is 4.96. The summed E-state index contributed by atoms with van der Waals surface area (Å²) in [5.41, 5.74) is 1.29. The summed E-state index contributed by atoms with van der Waals surface area (Å²) in [6, 6.07) is 7.33. The minimum absolute atomic E-state index is 0.504. The average Bonchev–Trinajstić information content (AvgIpc) is 2.99. The fourth-order valence-electron chi connectivity index (χ4n) is 3.29. The van der Waals surface area contributed by atoms with Crippen molar-refractivity contribution in [3.05, 3.63) is 42.4 Å². The van der Waals surface area contributed by atoms with E-state index in [4.69, 9.17) is 0 Å². The number of aryl methyl sites for hydroxylation is 2. The molecule has 3 atom stereocenters. The van der Waals surface area contributed by atoms with E-state index in [0.717, 1.165) is 25.3 Å². The number of hydrogen-bond acceptors (Lipinski definition) is 4. The maximum absolute atomic E-state index is 4.67. The lowest BCUT2D eigenvalue weighted by Crippen LogP contribution is -2.48. The smallest absolute Gasteiger partial charge is 0.148 e. The lowest BCUT2D eigenvalue weighted by molar-refractivity contribution is 0.145. The van der Waals surface area contributed by atoms with Gasteiger partial charge in [-0.1, -0.05) is 6.92 Å². The number of rotatable bonds is 5. The number of nitrogens with zero attached hydrogens (tertiary/aromatic N) is 4. The number of piperidine rings is 1. The topological polar surface area (TPSA) is 46.0 Å². The van der Waals surface area contributed by atoms with Crippen molar-refractivity contribution in [1.82, 2.24) is 19.7 Å². The first-order valence-electron chi connectivity index (χ1n) is 8.51. The average molecular weight is 313 g/mol. The molecule has 5 heteroatoms. The fourth-order valence-corrected chi connectivity index (χ4v) is 3.29. The minimum Gasteiger partial charge on any atom is -0.365 e. The molecule has 23 heavy (non-hydrogen) atoms. The Kier molecular flexibility index (Phi) is 4.96. The quantitative estimate of drug-likeness (QED) is 0.922. The molecule has 3 rings (SSSR count). The van der Waals surface area contributed by atoms with Gasteiger partial charge in [0.25, 0.3) is 0 Å².